The first-order chi connectivity index (χ1) is 43.3. The summed E-state index contributed by atoms with van der Waals surface area (Å²) in [4.78, 5) is 85.7. The van der Waals surface area contributed by atoms with Crippen LogP contribution < -0.4 is 50.2 Å². The van der Waals surface area contributed by atoms with Crippen LogP contribution in [0.25, 0.3) is 0 Å². The van der Waals surface area contributed by atoms with Crippen LogP contribution in [-0.4, -0.2) is 157 Å². The standard InChI is InChI=1S/C18H19F2N3O3.C17H17F2N3O4.C12H18F2N4O4.C10H13F2N3O3/c1-3-13-11(2)18(19,20)16(26-13)23-10-9-14(22-17(23)25)21-15(24)12-7-5-4-6-8-12;1-10-12(9-23)26-15(17(10,18)19)22-8-7-13(21-16(22)25)20-14(24)11-5-3-2-4-6-11;1-6(5-19)16-4-7-9(20)12(13,14)10(22-7)18-3-2-8(15)17-11(18)21;1-2-5-7(16)10(11,12)8(18-5)15-4-3-6(13)14-9(15)17/h4-11,13,16H,3H2,1-2H3,(H,21,22,24,25);2-8,10,12,15,23H,9H2,1H3,(H,20,21,24,25);2-3,6-7,9-10,16,19-20H,4-5H2,1H3,(H2,15,17,21);3-5,7-8,16H,2H2,1H3,(H2,13,14,17)/t11-,13-,16-;10-,12-,15-;6?,7-,9-,10-;5-,7-,8-/m1111/s1. The molecule has 35 heteroatoms. The number of anilines is 4. The maximum atomic E-state index is 14.5. The number of aliphatic hydroxyl groups excluding tert-OH is 4. The second-order valence-electron chi connectivity index (χ2n) is 21.5. The summed E-state index contributed by atoms with van der Waals surface area (Å²) in [6.45, 7) is 6.77. The van der Waals surface area contributed by atoms with E-state index in [0.29, 0.717) is 31.2 Å². The highest BCUT2D eigenvalue weighted by Gasteiger charge is 2.61. The van der Waals surface area contributed by atoms with Gasteiger partial charge in [-0.3, -0.25) is 27.9 Å². The van der Waals surface area contributed by atoms with E-state index in [-0.39, 0.29) is 48.9 Å². The topological polar surface area (TPSA) is 380 Å². The van der Waals surface area contributed by atoms with Gasteiger partial charge in [0.05, 0.1) is 43.4 Å². The van der Waals surface area contributed by atoms with Gasteiger partial charge in [0, 0.05) is 48.5 Å². The van der Waals surface area contributed by atoms with Crippen molar-refractivity contribution in [3.63, 3.8) is 0 Å². The second-order valence-corrected chi connectivity index (χ2v) is 21.5. The number of nitrogens with zero attached hydrogens (tertiary/aromatic N) is 8. The number of amides is 2. The third-order valence-electron chi connectivity index (χ3n) is 15.2. The number of hydrogen-bond donors (Lipinski definition) is 9. The summed E-state index contributed by atoms with van der Waals surface area (Å²) in [5, 5.41) is 44.9. The molecule has 4 aromatic heterocycles. The minimum Gasteiger partial charge on any atom is -0.395 e. The van der Waals surface area contributed by atoms with E-state index in [1.807, 2.05) is 0 Å². The highest BCUT2D eigenvalue weighted by Crippen LogP contribution is 2.48. The first-order valence-corrected chi connectivity index (χ1v) is 28.4. The number of ether oxygens (including phenoxy) is 4. The molecule has 27 nitrogen and oxygen atoms in total. The van der Waals surface area contributed by atoms with Crippen molar-refractivity contribution < 1.29 is 84.1 Å². The molecule has 2 aromatic carbocycles. The Bertz CT molecular complexity index is 3600. The Kier molecular flexibility index (Phi) is 22.7. The van der Waals surface area contributed by atoms with Crippen LogP contribution in [0.15, 0.2) is 129 Å². The van der Waals surface area contributed by atoms with Crippen LogP contribution >= 0.6 is 0 Å². The molecule has 2 amide bonds. The van der Waals surface area contributed by atoms with E-state index in [9.17, 15) is 74.1 Å². The van der Waals surface area contributed by atoms with Gasteiger partial charge >= 0.3 is 34.6 Å². The molecule has 4 aliphatic rings. The van der Waals surface area contributed by atoms with E-state index >= 15 is 0 Å². The Hall–Kier alpha value is -8.42. The first-order valence-electron chi connectivity index (χ1n) is 28.4. The molecule has 0 radical (unpaired) electrons. The van der Waals surface area contributed by atoms with Crippen LogP contribution in [0.3, 0.4) is 0 Å². The minimum atomic E-state index is -3.67. The van der Waals surface area contributed by atoms with E-state index in [2.05, 4.69) is 35.9 Å². The number of aromatic nitrogens is 8. The summed E-state index contributed by atoms with van der Waals surface area (Å²) in [5.74, 6) is -17.2. The Balaban J connectivity index is 0.000000176. The molecule has 1 unspecified atom stereocenters. The molecule has 4 aliphatic heterocycles. The number of hydrogen-bond acceptors (Lipinski definition) is 21. The summed E-state index contributed by atoms with van der Waals surface area (Å²) in [5.41, 5.74) is 7.50. The fraction of sp³-hybridized carbons (Fsp3) is 0.474. The van der Waals surface area contributed by atoms with E-state index in [1.165, 1.54) is 44.3 Å². The number of aliphatic hydroxyl groups is 4. The predicted molar refractivity (Wildman–Crippen MR) is 310 cm³/mol. The number of carbonyl (C=O) groups excluding carboxylic acids is 2. The molecule has 8 heterocycles. The van der Waals surface area contributed by atoms with Crippen LogP contribution in [-0.2, 0) is 18.9 Å². The molecular formula is C57H67F8N13O14. The number of halogens is 8. The Morgan fingerprint density at radius 2 is 0.859 bits per heavy atom. The van der Waals surface area contributed by atoms with Crippen LogP contribution in [0, 0.1) is 11.8 Å². The Morgan fingerprint density at radius 3 is 1.20 bits per heavy atom. The molecule has 0 bridgehead atoms. The number of nitrogens with two attached hydrogens (primary N) is 2. The van der Waals surface area contributed by atoms with E-state index in [1.54, 1.807) is 81.4 Å². The second kappa shape index (κ2) is 29.5. The number of alkyl halides is 8. The van der Waals surface area contributed by atoms with Gasteiger partial charge in [-0.15, -0.1) is 0 Å². The average Bonchev–Trinajstić information content (AvgIpc) is 1.63. The van der Waals surface area contributed by atoms with Gasteiger partial charge < -0.3 is 66.8 Å². The molecule has 0 aliphatic carbocycles. The van der Waals surface area contributed by atoms with Gasteiger partial charge in [0.2, 0.25) is 24.9 Å². The molecule has 4 fully saturated rings. The molecule has 11 N–H and O–H groups in total. The molecule has 0 spiro atoms. The first kappa shape index (κ1) is 71.0. The van der Waals surface area contributed by atoms with Gasteiger partial charge in [-0.25, -0.2) is 36.7 Å². The average molecular weight is 1310 g/mol. The summed E-state index contributed by atoms with van der Waals surface area (Å²) in [6, 6.07) is 21.2. The van der Waals surface area contributed by atoms with Crippen molar-refractivity contribution in [3.05, 3.63) is 163 Å². The SMILES string of the molecule is CC(CO)NC[C@H]1O[C@@H](n2ccc(N)nc2=O)C(F)(F)[C@@H]1O.CC[C@H]1O[C@@H](n2ccc(N)nc2=O)C(F)(F)[C@@H]1O.CC[C@H]1O[C@@H](n2ccc(NC(=O)c3ccccc3)nc2=O)C(F)(F)[C@@H]1C.C[C@@H]1[C@@H](CO)O[C@@H](n2ccc(NC(=O)c3ccccc3)nc2=O)C1(F)F. The lowest BCUT2D eigenvalue weighted by atomic mass is 9.98. The minimum absolute atomic E-state index is 0.0125. The summed E-state index contributed by atoms with van der Waals surface area (Å²) in [7, 11) is 0. The highest BCUT2D eigenvalue weighted by molar-refractivity contribution is 6.04. The maximum Gasteiger partial charge on any atom is 0.351 e. The zero-order chi connectivity index (χ0) is 67.8. The van der Waals surface area contributed by atoms with Gasteiger partial charge in [-0.05, 0) is 68.3 Å². The van der Waals surface area contributed by atoms with Crippen molar-refractivity contribution in [2.45, 2.75) is 139 Å². The van der Waals surface area contributed by atoms with Crippen molar-refractivity contribution in [3.8, 4) is 0 Å². The fourth-order valence-corrected chi connectivity index (χ4v) is 9.75. The molecule has 0 saturated carbocycles. The van der Waals surface area contributed by atoms with Gasteiger partial charge in [-0.2, -0.15) is 37.5 Å². The third kappa shape index (κ3) is 15.5. The lowest BCUT2D eigenvalue weighted by Gasteiger charge is -2.21. The van der Waals surface area contributed by atoms with E-state index in [4.69, 9.17) is 40.6 Å². The third-order valence-corrected chi connectivity index (χ3v) is 15.2. The smallest absolute Gasteiger partial charge is 0.351 e. The maximum absolute atomic E-state index is 14.5. The molecule has 92 heavy (non-hydrogen) atoms. The molecule has 6 aromatic rings. The van der Waals surface area contributed by atoms with Crippen LogP contribution in [0.1, 0.15) is 93.1 Å². The van der Waals surface area contributed by atoms with Crippen molar-refractivity contribution in [1.82, 2.24) is 43.5 Å². The van der Waals surface area contributed by atoms with Gasteiger partial charge in [0.15, 0.2) is 0 Å². The summed E-state index contributed by atoms with van der Waals surface area (Å²) < 4.78 is 137. The lowest BCUT2D eigenvalue weighted by Crippen LogP contribution is -2.44. The van der Waals surface area contributed by atoms with Crippen LogP contribution in [0.5, 0.6) is 0 Å². The monoisotopic (exact) mass is 1310 g/mol. The van der Waals surface area contributed by atoms with Crippen LogP contribution in [0.4, 0.5) is 58.4 Å². The number of carbonyl (C=O) groups is 2. The Morgan fingerprint density at radius 1 is 0.522 bits per heavy atom. The number of nitrogen functional groups attached to an aromatic ring is 2. The summed E-state index contributed by atoms with van der Waals surface area (Å²) >= 11 is 0. The van der Waals surface area contributed by atoms with Gasteiger partial charge in [0.25, 0.3) is 23.7 Å². The number of nitrogens with one attached hydrogen (secondary N) is 3. The lowest BCUT2D eigenvalue weighted by molar-refractivity contribution is -0.140. The molecular weight excluding hydrogens is 1240 g/mol. The van der Waals surface area contributed by atoms with E-state index < -0.39 is 138 Å². The molecule has 4 saturated heterocycles. The van der Waals surface area contributed by atoms with Gasteiger partial charge in [0.1, 0.15) is 41.6 Å². The summed E-state index contributed by atoms with van der Waals surface area (Å²) in [6.07, 6.45) is -10.4. The van der Waals surface area contributed by atoms with Crippen molar-refractivity contribution in [2.24, 2.45) is 11.8 Å². The molecule has 10 rings (SSSR count). The van der Waals surface area contributed by atoms with Crippen molar-refractivity contribution in [2.75, 3.05) is 41.9 Å². The van der Waals surface area contributed by atoms with Crippen LogP contribution in [0.2, 0.25) is 0 Å². The molecule has 13 atom stereocenters. The Labute approximate surface area is 516 Å². The van der Waals surface area contributed by atoms with Gasteiger partial charge in [-0.1, -0.05) is 64.1 Å². The number of rotatable bonds is 15. The molecule has 500 valence electrons. The predicted octanol–water partition coefficient (Wildman–Crippen LogP) is 3.55. The largest absolute Gasteiger partial charge is 0.395 e. The fourth-order valence-electron chi connectivity index (χ4n) is 9.75. The number of benzene rings is 2. The zero-order valence-electron chi connectivity index (χ0n) is 49.6. The van der Waals surface area contributed by atoms with Crippen molar-refractivity contribution >= 4 is 35.1 Å². The van der Waals surface area contributed by atoms with E-state index in [0.717, 1.165) is 23.2 Å². The van der Waals surface area contributed by atoms with Crippen molar-refractivity contribution in [1.29, 1.82) is 0 Å². The normalized spacial score (nSPS) is 26.6. The zero-order valence-corrected chi connectivity index (χ0v) is 49.6. The highest BCUT2D eigenvalue weighted by atomic mass is 19.3. The quantitative estimate of drug-likeness (QED) is 0.0664.